The van der Waals surface area contributed by atoms with Gasteiger partial charge in [0.1, 0.15) is 0 Å². The van der Waals surface area contributed by atoms with Crippen molar-refractivity contribution in [2.75, 3.05) is 33.2 Å². The van der Waals surface area contributed by atoms with Crippen LogP contribution in [-0.4, -0.2) is 54.0 Å². The zero-order valence-electron chi connectivity index (χ0n) is 12.0. The number of piperazine rings is 1. The molecule has 1 heterocycles. The number of nitro benzene ring substituents is 1. The van der Waals surface area contributed by atoms with Gasteiger partial charge in [-0.1, -0.05) is 12.1 Å². The van der Waals surface area contributed by atoms with Crippen molar-refractivity contribution in [3.8, 4) is 0 Å². The van der Waals surface area contributed by atoms with Crippen LogP contribution in [0.15, 0.2) is 24.3 Å². The van der Waals surface area contributed by atoms with E-state index in [1.807, 2.05) is 12.1 Å². The zero-order valence-corrected chi connectivity index (χ0v) is 12.0. The Bertz CT molecular complexity index is 463. The van der Waals surface area contributed by atoms with Crippen LogP contribution in [0.25, 0.3) is 0 Å². The van der Waals surface area contributed by atoms with Crippen LogP contribution in [0, 0.1) is 10.1 Å². The summed E-state index contributed by atoms with van der Waals surface area (Å²) in [5.74, 6) is 0. The lowest BCUT2D eigenvalue weighted by molar-refractivity contribution is -0.384. The molecule has 20 heavy (non-hydrogen) atoms. The van der Waals surface area contributed by atoms with Crippen LogP contribution in [0.5, 0.6) is 0 Å². The third kappa shape index (κ3) is 3.15. The molecule has 0 spiro atoms. The molecular weight excluding hydrogens is 256 g/mol. The van der Waals surface area contributed by atoms with Gasteiger partial charge in [-0.2, -0.15) is 0 Å². The fraction of sp³-hybridized carbons (Fsp3) is 0.571. The molecule has 0 bridgehead atoms. The molecule has 1 aliphatic heterocycles. The minimum absolute atomic E-state index is 0.134. The SMILES string of the molecule is CC(c1ccc([N+](=O)[O-])cc1)N1CCN(C)CC1CN. The largest absolute Gasteiger partial charge is 0.329 e. The number of hydrogen-bond donors (Lipinski definition) is 1. The van der Waals surface area contributed by atoms with Crippen LogP contribution in [0.2, 0.25) is 0 Å². The summed E-state index contributed by atoms with van der Waals surface area (Å²) in [4.78, 5) is 15.0. The van der Waals surface area contributed by atoms with Gasteiger partial charge in [0.15, 0.2) is 0 Å². The number of likely N-dealkylation sites (N-methyl/N-ethyl adjacent to an activating group) is 1. The highest BCUT2D eigenvalue weighted by atomic mass is 16.6. The van der Waals surface area contributed by atoms with E-state index in [0.29, 0.717) is 12.6 Å². The quantitative estimate of drug-likeness (QED) is 0.662. The van der Waals surface area contributed by atoms with E-state index in [2.05, 4.69) is 23.8 Å². The predicted octanol–water partition coefficient (Wildman–Crippen LogP) is 1.23. The van der Waals surface area contributed by atoms with Gasteiger partial charge in [0.05, 0.1) is 4.92 Å². The van der Waals surface area contributed by atoms with Crippen LogP contribution in [0.3, 0.4) is 0 Å². The van der Waals surface area contributed by atoms with Crippen LogP contribution in [0.4, 0.5) is 5.69 Å². The van der Waals surface area contributed by atoms with Gasteiger partial charge in [-0.05, 0) is 19.5 Å². The van der Waals surface area contributed by atoms with Gasteiger partial charge < -0.3 is 10.6 Å². The topological polar surface area (TPSA) is 75.6 Å². The predicted molar refractivity (Wildman–Crippen MR) is 78.6 cm³/mol. The Morgan fingerprint density at radius 3 is 2.60 bits per heavy atom. The highest BCUT2D eigenvalue weighted by molar-refractivity contribution is 5.34. The lowest BCUT2D eigenvalue weighted by Gasteiger charge is -2.43. The van der Waals surface area contributed by atoms with Crippen molar-refractivity contribution in [1.29, 1.82) is 0 Å². The Morgan fingerprint density at radius 2 is 2.05 bits per heavy atom. The lowest BCUT2D eigenvalue weighted by atomic mass is 10.0. The number of nitro groups is 1. The Labute approximate surface area is 119 Å². The molecule has 1 aromatic rings. The lowest BCUT2D eigenvalue weighted by Crippen LogP contribution is -2.55. The van der Waals surface area contributed by atoms with E-state index < -0.39 is 0 Å². The van der Waals surface area contributed by atoms with Crippen LogP contribution in [-0.2, 0) is 0 Å². The summed E-state index contributed by atoms with van der Waals surface area (Å²) >= 11 is 0. The first-order valence-corrected chi connectivity index (χ1v) is 6.91. The molecule has 6 nitrogen and oxygen atoms in total. The highest BCUT2D eigenvalue weighted by Gasteiger charge is 2.28. The van der Waals surface area contributed by atoms with E-state index in [0.717, 1.165) is 25.2 Å². The number of rotatable bonds is 4. The molecule has 0 radical (unpaired) electrons. The first kappa shape index (κ1) is 14.9. The third-order valence-corrected chi connectivity index (χ3v) is 4.09. The van der Waals surface area contributed by atoms with Crippen molar-refractivity contribution in [3.05, 3.63) is 39.9 Å². The van der Waals surface area contributed by atoms with Crippen LogP contribution in [0.1, 0.15) is 18.5 Å². The summed E-state index contributed by atoms with van der Waals surface area (Å²) in [6.07, 6.45) is 0. The second-order valence-electron chi connectivity index (χ2n) is 5.41. The van der Waals surface area contributed by atoms with Gasteiger partial charge in [-0.25, -0.2) is 0 Å². The van der Waals surface area contributed by atoms with Crippen molar-refractivity contribution in [2.24, 2.45) is 5.73 Å². The first-order chi connectivity index (χ1) is 9.52. The molecular formula is C14H22N4O2. The summed E-state index contributed by atoms with van der Waals surface area (Å²) in [6.45, 7) is 5.72. The van der Waals surface area contributed by atoms with Gasteiger partial charge in [-0.3, -0.25) is 15.0 Å². The highest BCUT2D eigenvalue weighted by Crippen LogP contribution is 2.26. The molecule has 0 amide bonds. The average Bonchev–Trinajstić information content (AvgIpc) is 2.46. The Hall–Kier alpha value is -1.50. The number of nitrogens with zero attached hydrogens (tertiary/aromatic N) is 3. The molecule has 0 saturated carbocycles. The Kier molecular flexibility index (Phi) is 4.69. The summed E-state index contributed by atoms with van der Waals surface area (Å²) < 4.78 is 0. The maximum absolute atomic E-state index is 10.7. The molecule has 2 unspecified atom stereocenters. The molecule has 1 aliphatic rings. The van der Waals surface area contributed by atoms with Gasteiger partial charge in [0, 0.05) is 50.4 Å². The average molecular weight is 278 g/mol. The Balaban J connectivity index is 2.13. The van der Waals surface area contributed by atoms with Crippen LogP contribution >= 0.6 is 0 Å². The van der Waals surface area contributed by atoms with Gasteiger partial charge >= 0.3 is 0 Å². The smallest absolute Gasteiger partial charge is 0.269 e. The normalized spacial score (nSPS) is 22.6. The molecule has 6 heteroatoms. The molecule has 0 aromatic heterocycles. The maximum Gasteiger partial charge on any atom is 0.269 e. The zero-order chi connectivity index (χ0) is 14.7. The number of non-ortho nitro benzene ring substituents is 1. The van der Waals surface area contributed by atoms with Crippen molar-refractivity contribution >= 4 is 5.69 Å². The molecule has 1 aromatic carbocycles. The summed E-state index contributed by atoms with van der Waals surface area (Å²) in [6, 6.07) is 7.37. The van der Waals surface area contributed by atoms with E-state index in [-0.39, 0.29) is 16.7 Å². The van der Waals surface area contributed by atoms with Crippen molar-refractivity contribution < 1.29 is 4.92 Å². The minimum atomic E-state index is -0.368. The first-order valence-electron chi connectivity index (χ1n) is 6.91. The second-order valence-corrected chi connectivity index (χ2v) is 5.41. The molecule has 2 atom stereocenters. The number of hydrogen-bond acceptors (Lipinski definition) is 5. The van der Waals surface area contributed by atoms with Crippen molar-refractivity contribution in [2.45, 2.75) is 19.0 Å². The van der Waals surface area contributed by atoms with Gasteiger partial charge in [-0.15, -0.1) is 0 Å². The van der Waals surface area contributed by atoms with E-state index >= 15 is 0 Å². The fourth-order valence-electron chi connectivity index (χ4n) is 2.81. The van der Waals surface area contributed by atoms with Gasteiger partial charge in [0.25, 0.3) is 5.69 Å². The van der Waals surface area contributed by atoms with E-state index in [1.165, 1.54) is 0 Å². The van der Waals surface area contributed by atoms with E-state index in [4.69, 9.17) is 5.73 Å². The Morgan fingerprint density at radius 1 is 1.40 bits per heavy atom. The molecule has 110 valence electrons. The molecule has 1 fully saturated rings. The minimum Gasteiger partial charge on any atom is -0.329 e. The van der Waals surface area contributed by atoms with Crippen molar-refractivity contribution in [1.82, 2.24) is 9.80 Å². The second kappa shape index (κ2) is 6.30. The molecule has 2 rings (SSSR count). The monoisotopic (exact) mass is 278 g/mol. The summed E-state index contributed by atoms with van der Waals surface area (Å²) in [5, 5.41) is 10.7. The number of benzene rings is 1. The summed E-state index contributed by atoms with van der Waals surface area (Å²) in [5.41, 5.74) is 7.11. The van der Waals surface area contributed by atoms with Gasteiger partial charge in [0.2, 0.25) is 0 Å². The fourth-order valence-corrected chi connectivity index (χ4v) is 2.81. The standard InChI is InChI=1S/C14H22N4O2/c1-11(12-3-5-13(6-4-12)18(19)20)17-8-7-16(2)10-14(17)9-15/h3-6,11,14H,7-10,15H2,1-2H3. The molecule has 2 N–H and O–H groups in total. The molecule has 0 aliphatic carbocycles. The third-order valence-electron chi connectivity index (χ3n) is 4.09. The van der Waals surface area contributed by atoms with Crippen molar-refractivity contribution in [3.63, 3.8) is 0 Å². The maximum atomic E-state index is 10.7. The number of nitrogens with two attached hydrogens (primary N) is 1. The van der Waals surface area contributed by atoms with Crippen LogP contribution < -0.4 is 5.73 Å². The molecule has 1 saturated heterocycles. The van der Waals surface area contributed by atoms with E-state index in [9.17, 15) is 10.1 Å². The summed E-state index contributed by atoms with van der Waals surface area (Å²) in [7, 11) is 2.11. The van der Waals surface area contributed by atoms with E-state index in [1.54, 1.807) is 12.1 Å².